The third-order valence-corrected chi connectivity index (χ3v) is 6.29. The second kappa shape index (κ2) is 9.30. The molecule has 3 aromatic rings. The van der Waals surface area contributed by atoms with Gasteiger partial charge in [0, 0.05) is 30.5 Å². The van der Waals surface area contributed by atoms with Gasteiger partial charge in [-0.15, -0.1) is 0 Å². The lowest BCUT2D eigenvalue weighted by molar-refractivity contribution is 0.598. The number of hydrogen-bond donors (Lipinski definition) is 2. The Morgan fingerprint density at radius 2 is 1.58 bits per heavy atom. The number of benzene rings is 2. The minimum Gasteiger partial charge on any atom is -0.357 e. The molecule has 0 bridgehead atoms. The first-order chi connectivity index (χ1) is 14.7. The normalized spacial score (nSPS) is 11.3. The van der Waals surface area contributed by atoms with Gasteiger partial charge in [-0.1, -0.05) is 0 Å². The van der Waals surface area contributed by atoms with Gasteiger partial charge in [0.25, 0.3) is 10.0 Å². The van der Waals surface area contributed by atoms with Crippen LogP contribution in [0.4, 0.5) is 27.4 Å². The number of nitrogens with zero attached hydrogens (tertiary/aromatic N) is 3. The summed E-state index contributed by atoms with van der Waals surface area (Å²) in [5.74, 6) is 1.69. The Hall–Kier alpha value is -3.20. The minimum absolute atomic E-state index is 0.0384. The van der Waals surface area contributed by atoms with Crippen molar-refractivity contribution >= 4 is 33.0 Å². The molecule has 3 rings (SSSR count). The monoisotopic (exact) mass is 443 g/mol. The van der Waals surface area contributed by atoms with Crippen molar-refractivity contribution in [3.8, 4) is 0 Å². The van der Waals surface area contributed by atoms with Gasteiger partial charge in [-0.05, 0) is 75.7 Å². The van der Waals surface area contributed by atoms with Crippen LogP contribution in [0.3, 0.4) is 0 Å². The molecule has 7 nitrogen and oxygen atoms in total. The standard InChI is InChI=1S/C22H26FN5O2S/c1-5-28(6-2)22-14-21(24-16(4)25-22)26-18-8-10-19(11-9-18)27-31(29,30)20-12-7-17(23)13-15(20)3/h7-14,27H,5-6H2,1-4H3,(H,24,25,26). The fourth-order valence-corrected chi connectivity index (χ4v) is 4.51. The molecule has 0 amide bonds. The second-order valence-corrected chi connectivity index (χ2v) is 8.70. The van der Waals surface area contributed by atoms with Gasteiger partial charge >= 0.3 is 0 Å². The first-order valence-corrected chi connectivity index (χ1v) is 11.5. The van der Waals surface area contributed by atoms with Crippen molar-refractivity contribution in [2.75, 3.05) is 28.0 Å². The smallest absolute Gasteiger partial charge is 0.262 e. The molecule has 2 N–H and O–H groups in total. The van der Waals surface area contributed by atoms with E-state index in [1.165, 1.54) is 12.1 Å². The van der Waals surface area contributed by atoms with E-state index in [0.29, 0.717) is 22.9 Å². The number of aryl methyl sites for hydroxylation is 2. The highest BCUT2D eigenvalue weighted by Crippen LogP contribution is 2.24. The molecule has 0 aliphatic heterocycles. The van der Waals surface area contributed by atoms with Crippen LogP contribution in [0, 0.1) is 19.7 Å². The SMILES string of the molecule is CCN(CC)c1cc(Nc2ccc(NS(=O)(=O)c3ccc(F)cc3C)cc2)nc(C)n1. The summed E-state index contributed by atoms with van der Waals surface area (Å²) in [6.07, 6.45) is 0. The lowest BCUT2D eigenvalue weighted by Crippen LogP contribution is -2.23. The fraction of sp³-hybridized carbons (Fsp3) is 0.273. The molecule has 0 saturated heterocycles. The van der Waals surface area contributed by atoms with Crippen molar-refractivity contribution in [3.63, 3.8) is 0 Å². The maximum absolute atomic E-state index is 13.3. The van der Waals surface area contributed by atoms with E-state index in [9.17, 15) is 12.8 Å². The molecular weight excluding hydrogens is 417 g/mol. The van der Waals surface area contributed by atoms with E-state index in [1.54, 1.807) is 31.2 Å². The van der Waals surface area contributed by atoms with Crippen molar-refractivity contribution in [1.29, 1.82) is 0 Å². The van der Waals surface area contributed by atoms with Crippen LogP contribution < -0.4 is 14.9 Å². The number of nitrogens with one attached hydrogen (secondary N) is 2. The van der Waals surface area contributed by atoms with Gasteiger partial charge in [0.15, 0.2) is 0 Å². The highest BCUT2D eigenvalue weighted by Gasteiger charge is 2.17. The number of hydrogen-bond acceptors (Lipinski definition) is 6. The van der Waals surface area contributed by atoms with E-state index < -0.39 is 15.8 Å². The highest BCUT2D eigenvalue weighted by molar-refractivity contribution is 7.92. The summed E-state index contributed by atoms with van der Waals surface area (Å²) in [6, 6.07) is 12.3. The lowest BCUT2D eigenvalue weighted by Gasteiger charge is -2.20. The maximum Gasteiger partial charge on any atom is 0.262 e. The van der Waals surface area contributed by atoms with E-state index in [4.69, 9.17) is 0 Å². The summed E-state index contributed by atoms with van der Waals surface area (Å²) >= 11 is 0. The maximum atomic E-state index is 13.3. The van der Waals surface area contributed by atoms with Crippen molar-refractivity contribution in [1.82, 2.24) is 9.97 Å². The molecule has 0 unspecified atom stereocenters. The molecule has 31 heavy (non-hydrogen) atoms. The zero-order chi connectivity index (χ0) is 22.6. The van der Waals surface area contributed by atoms with Gasteiger partial charge in [-0.25, -0.2) is 22.8 Å². The molecule has 9 heteroatoms. The number of rotatable bonds is 8. The van der Waals surface area contributed by atoms with E-state index in [1.807, 2.05) is 13.0 Å². The fourth-order valence-electron chi connectivity index (χ4n) is 3.22. The van der Waals surface area contributed by atoms with Crippen LogP contribution in [0.25, 0.3) is 0 Å². The Balaban J connectivity index is 1.76. The van der Waals surface area contributed by atoms with Gasteiger partial charge < -0.3 is 10.2 Å². The van der Waals surface area contributed by atoms with Crippen molar-refractivity contribution < 1.29 is 12.8 Å². The molecule has 0 saturated carbocycles. The van der Waals surface area contributed by atoms with Crippen LogP contribution in [-0.2, 0) is 10.0 Å². The molecule has 0 aliphatic rings. The molecule has 0 aliphatic carbocycles. The molecule has 1 heterocycles. The Labute approximate surface area is 182 Å². The van der Waals surface area contributed by atoms with E-state index >= 15 is 0 Å². The van der Waals surface area contributed by atoms with Gasteiger partial charge in [0.05, 0.1) is 4.90 Å². The Kier molecular flexibility index (Phi) is 6.74. The molecule has 2 aromatic carbocycles. The summed E-state index contributed by atoms with van der Waals surface area (Å²) in [6.45, 7) is 9.22. The number of aromatic nitrogens is 2. The third-order valence-electron chi connectivity index (χ3n) is 4.75. The summed E-state index contributed by atoms with van der Waals surface area (Å²) in [4.78, 5) is 11.1. The summed E-state index contributed by atoms with van der Waals surface area (Å²) in [5.41, 5.74) is 1.50. The first kappa shape index (κ1) is 22.5. The van der Waals surface area contributed by atoms with E-state index in [0.717, 1.165) is 30.7 Å². The molecule has 0 radical (unpaired) electrons. The largest absolute Gasteiger partial charge is 0.357 e. The zero-order valence-electron chi connectivity index (χ0n) is 18.0. The Bertz CT molecular complexity index is 1160. The third kappa shape index (κ3) is 5.49. The average molecular weight is 444 g/mol. The quantitative estimate of drug-likeness (QED) is 0.528. The Morgan fingerprint density at radius 1 is 0.935 bits per heavy atom. The Morgan fingerprint density at radius 3 is 2.19 bits per heavy atom. The van der Waals surface area contributed by atoms with Crippen molar-refractivity contribution in [2.45, 2.75) is 32.6 Å². The van der Waals surface area contributed by atoms with Crippen molar-refractivity contribution in [2.24, 2.45) is 0 Å². The van der Waals surface area contributed by atoms with Crippen LogP contribution in [0.2, 0.25) is 0 Å². The van der Waals surface area contributed by atoms with Crippen LogP contribution in [0.1, 0.15) is 25.2 Å². The number of halogens is 1. The van der Waals surface area contributed by atoms with E-state index in [-0.39, 0.29) is 4.90 Å². The average Bonchev–Trinajstić information content (AvgIpc) is 2.69. The zero-order valence-corrected chi connectivity index (χ0v) is 18.8. The first-order valence-electron chi connectivity index (χ1n) is 9.98. The highest BCUT2D eigenvalue weighted by atomic mass is 32.2. The molecule has 0 atom stereocenters. The van der Waals surface area contributed by atoms with Gasteiger partial charge in [0.2, 0.25) is 0 Å². The summed E-state index contributed by atoms with van der Waals surface area (Å²) < 4.78 is 41.1. The van der Waals surface area contributed by atoms with Gasteiger partial charge in [0.1, 0.15) is 23.3 Å². The van der Waals surface area contributed by atoms with E-state index in [2.05, 4.69) is 38.8 Å². The van der Waals surface area contributed by atoms with Crippen LogP contribution >= 0.6 is 0 Å². The molecule has 0 fully saturated rings. The predicted octanol–water partition coefficient (Wildman–Crippen LogP) is 4.62. The van der Waals surface area contributed by atoms with Gasteiger partial charge in [-0.3, -0.25) is 4.72 Å². The van der Waals surface area contributed by atoms with Crippen LogP contribution in [0.5, 0.6) is 0 Å². The molecule has 164 valence electrons. The lowest BCUT2D eigenvalue weighted by atomic mass is 10.2. The number of sulfonamides is 1. The molecule has 0 spiro atoms. The minimum atomic E-state index is -3.82. The predicted molar refractivity (Wildman–Crippen MR) is 122 cm³/mol. The summed E-state index contributed by atoms with van der Waals surface area (Å²) in [7, 11) is -3.82. The van der Waals surface area contributed by atoms with Crippen LogP contribution in [-0.4, -0.2) is 31.5 Å². The number of anilines is 4. The van der Waals surface area contributed by atoms with Gasteiger partial charge in [-0.2, -0.15) is 0 Å². The molecular formula is C22H26FN5O2S. The summed E-state index contributed by atoms with van der Waals surface area (Å²) in [5, 5.41) is 3.23. The molecule has 1 aromatic heterocycles. The van der Waals surface area contributed by atoms with Crippen LogP contribution in [0.15, 0.2) is 53.4 Å². The topological polar surface area (TPSA) is 87.2 Å². The van der Waals surface area contributed by atoms with Crippen molar-refractivity contribution in [3.05, 3.63) is 65.7 Å². The second-order valence-electron chi connectivity index (χ2n) is 7.05.